The lowest BCUT2D eigenvalue weighted by Gasteiger charge is -2.30. The normalized spacial score (nSPS) is 27.1. The van der Waals surface area contributed by atoms with E-state index in [4.69, 9.17) is 0 Å². The summed E-state index contributed by atoms with van der Waals surface area (Å²) in [4.78, 5) is 0. The van der Waals surface area contributed by atoms with Gasteiger partial charge in [-0.15, -0.1) is 0 Å². The van der Waals surface area contributed by atoms with Gasteiger partial charge >= 0.3 is 0 Å². The average Bonchev–Trinajstić information content (AvgIpc) is 3.12. The van der Waals surface area contributed by atoms with Gasteiger partial charge in [0.1, 0.15) is 0 Å². The molecule has 80 valence electrons. The average molecular weight is 202 g/mol. The van der Waals surface area contributed by atoms with Crippen LogP contribution in [0.5, 0.6) is 0 Å². The molecule has 2 fully saturated rings. The van der Waals surface area contributed by atoms with Gasteiger partial charge in [-0.1, -0.05) is 30.3 Å². The van der Waals surface area contributed by atoms with Crippen molar-refractivity contribution in [3.8, 4) is 0 Å². The Hall–Kier alpha value is -0.820. The Bertz CT molecular complexity index is 358. The van der Waals surface area contributed by atoms with Crippen LogP contribution in [0, 0.1) is 5.41 Å². The summed E-state index contributed by atoms with van der Waals surface area (Å²) < 4.78 is 0. The zero-order valence-corrected chi connectivity index (χ0v) is 9.24. The number of hydrogen-bond donors (Lipinski definition) is 1. The number of hydrogen-bond acceptors (Lipinski definition) is 1. The Kier molecular flexibility index (Phi) is 1.79. The first-order valence-electron chi connectivity index (χ1n) is 5.95. The molecule has 0 amide bonds. The van der Waals surface area contributed by atoms with Gasteiger partial charge in [-0.2, -0.15) is 0 Å². The van der Waals surface area contributed by atoms with E-state index in [-0.39, 0.29) is 11.5 Å². The Balaban J connectivity index is 1.99. The molecule has 3 rings (SSSR count). The first-order chi connectivity index (χ1) is 7.21. The Morgan fingerprint density at radius 3 is 2.07 bits per heavy atom. The van der Waals surface area contributed by atoms with Crippen molar-refractivity contribution in [1.29, 1.82) is 0 Å². The first-order valence-corrected chi connectivity index (χ1v) is 5.95. The zero-order valence-electron chi connectivity index (χ0n) is 9.24. The smallest absolute Gasteiger partial charge is 0.0576 e. The zero-order chi connectivity index (χ0) is 10.5. The van der Waals surface area contributed by atoms with Crippen LogP contribution >= 0.6 is 0 Å². The van der Waals surface area contributed by atoms with E-state index in [9.17, 15) is 5.11 Å². The molecule has 0 bridgehead atoms. The van der Waals surface area contributed by atoms with E-state index in [2.05, 4.69) is 30.3 Å². The van der Waals surface area contributed by atoms with Gasteiger partial charge < -0.3 is 5.11 Å². The molecule has 0 radical (unpaired) electrons. The largest absolute Gasteiger partial charge is 0.393 e. The second kappa shape index (κ2) is 2.85. The number of benzene rings is 1. The third-order valence-corrected chi connectivity index (χ3v) is 4.62. The summed E-state index contributed by atoms with van der Waals surface area (Å²) in [5, 5.41) is 9.98. The van der Waals surface area contributed by atoms with Crippen LogP contribution in [0.4, 0.5) is 0 Å². The van der Waals surface area contributed by atoms with E-state index < -0.39 is 0 Å². The Morgan fingerprint density at radius 2 is 1.67 bits per heavy atom. The standard InChI is InChI=1S/C14H18O/c1-11(15)13(7-8-13)14(9-10-14)12-5-3-2-4-6-12/h2-6,11,15H,7-10H2,1H3. The van der Waals surface area contributed by atoms with Gasteiger partial charge in [0.25, 0.3) is 0 Å². The summed E-state index contributed by atoms with van der Waals surface area (Å²) >= 11 is 0. The molecule has 2 aliphatic rings. The van der Waals surface area contributed by atoms with Gasteiger partial charge in [0.2, 0.25) is 0 Å². The van der Waals surface area contributed by atoms with Crippen molar-refractivity contribution in [2.24, 2.45) is 5.41 Å². The fraction of sp³-hybridized carbons (Fsp3) is 0.571. The molecule has 15 heavy (non-hydrogen) atoms. The predicted octanol–water partition coefficient (Wildman–Crippen LogP) is 2.88. The van der Waals surface area contributed by atoms with Gasteiger partial charge in [0.15, 0.2) is 0 Å². The van der Waals surface area contributed by atoms with Crippen molar-refractivity contribution in [1.82, 2.24) is 0 Å². The monoisotopic (exact) mass is 202 g/mol. The lowest BCUT2D eigenvalue weighted by atomic mass is 9.76. The van der Waals surface area contributed by atoms with E-state index >= 15 is 0 Å². The molecule has 1 aromatic rings. The van der Waals surface area contributed by atoms with E-state index in [1.54, 1.807) is 0 Å². The summed E-state index contributed by atoms with van der Waals surface area (Å²) in [7, 11) is 0. The predicted molar refractivity (Wildman–Crippen MR) is 60.7 cm³/mol. The Morgan fingerprint density at radius 1 is 1.07 bits per heavy atom. The molecule has 1 atom stereocenters. The Labute approximate surface area is 91.1 Å². The second-order valence-corrected chi connectivity index (χ2v) is 5.28. The second-order valence-electron chi connectivity index (χ2n) is 5.28. The third kappa shape index (κ3) is 1.13. The van der Waals surface area contributed by atoms with E-state index in [0.717, 1.165) is 0 Å². The molecule has 2 saturated carbocycles. The van der Waals surface area contributed by atoms with Crippen molar-refractivity contribution in [2.75, 3.05) is 0 Å². The number of aliphatic hydroxyl groups is 1. The molecule has 0 heterocycles. The minimum atomic E-state index is -0.153. The number of rotatable bonds is 3. The third-order valence-electron chi connectivity index (χ3n) is 4.62. The van der Waals surface area contributed by atoms with Crippen molar-refractivity contribution in [3.05, 3.63) is 35.9 Å². The molecule has 1 aromatic carbocycles. The number of aliphatic hydroxyl groups excluding tert-OH is 1. The van der Waals surface area contributed by atoms with Crippen LogP contribution in [-0.4, -0.2) is 11.2 Å². The summed E-state index contributed by atoms with van der Waals surface area (Å²) in [6.07, 6.45) is 4.79. The molecule has 0 spiro atoms. The molecular weight excluding hydrogens is 184 g/mol. The van der Waals surface area contributed by atoms with Crippen LogP contribution in [-0.2, 0) is 5.41 Å². The van der Waals surface area contributed by atoms with Crippen LogP contribution in [0.25, 0.3) is 0 Å². The molecular formula is C14H18O. The maximum absolute atomic E-state index is 9.98. The molecule has 1 N–H and O–H groups in total. The van der Waals surface area contributed by atoms with Gasteiger partial charge in [0, 0.05) is 10.8 Å². The highest BCUT2D eigenvalue weighted by atomic mass is 16.3. The van der Waals surface area contributed by atoms with Gasteiger partial charge in [-0.3, -0.25) is 0 Å². The van der Waals surface area contributed by atoms with Gasteiger partial charge in [0.05, 0.1) is 6.10 Å². The van der Waals surface area contributed by atoms with Crippen LogP contribution in [0.2, 0.25) is 0 Å². The summed E-state index contributed by atoms with van der Waals surface area (Å²) in [5.41, 5.74) is 1.99. The SMILES string of the molecule is CC(O)C1(C2(c3ccccc3)CC2)CC1. The maximum Gasteiger partial charge on any atom is 0.0576 e. The highest BCUT2D eigenvalue weighted by molar-refractivity contribution is 5.38. The van der Waals surface area contributed by atoms with E-state index in [1.165, 1.54) is 31.2 Å². The van der Waals surface area contributed by atoms with Crippen molar-refractivity contribution >= 4 is 0 Å². The van der Waals surface area contributed by atoms with Crippen LogP contribution in [0.1, 0.15) is 38.2 Å². The van der Waals surface area contributed by atoms with Crippen LogP contribution in [0.3, 0.4) is 0 Å². The molecule has 0 saturated heterocycles. The molecule has 0 aromatic heterocycles. The lowest BCUT2D eigenvalue weighted by Crippen LogP contribution is -2.32. The van der Waals surface area contributed by atoms with Crippen molar-refractivity contribution < 1.29 is 5.11 Å². The summed E-state index contributed by atoms with van der Waals surface area (Å²) in [5.74, 6) is 0. The van der Waals surface area contributed by atoms with Crippen molar-refractivity contribution in [3.63, 3.8) is 0 Å². The molecule has 1 unspecified atom stereocenters. The molecule has 1 nitrogen and oxygen atoms in total. The molecule has 0 aliphatic heterocycles. The van der Waals surface area contributed by atoms with Gasteiger partial charge in [-0.25, -0.2) is 0 Å². The van der Waals surface area contributed by atoms with E-state index in [0.29, 0.717) is 5.41 Å². The van der Waals surface area contributed by atoms with Crippen LogP contribution in [0.15, 0.2) is 30.3 Å². The van der Waals surface area contributed by atoms with Crippen LogP contribution < -0.4 is 0 Å². The van der Waals surface area contributed by atoms with E-state index in [1.807, 2.05) is 6.92 Å². The summed E-state index contributed by atoms with van der Waals surface area (Å²) in [6, 6.07) is 10.8. The minimum absolute atomic E-state index is 0.153. The highest BCUT2D eigenvalue weighted by Gasteiger charge is 2.67. The first kappa shape index (κ1) is 9.41. The van der Waals surface area contributed by atoms with Gasteiger partial charge in [-0.05, 0) is 38.2 Å². The van der Waals surface area contributed by atoms with Crippen molar-refractivity contribution in [2.45, 2.75) is 44.1 Å². The maximum atomic E-state index is 9.98. The fourth-order valence-corrected chi connectivity index (χ4v) is 3.39. The lowest BCUT2D eigenvalue weighted by molar-refractivity contribution is 0.0839. The highest BCUT2D eigenvalue weighted by Crippen LogP contribution is 2.72. The summed E-state index contributed by atoms with van der Waals surface area (Å²) in [6.45, 7) is 1.97. The molecule has 2 aliphatic carbocycles. The quantitative estimate of drug-likeness (QED) is 0.799. The minimum Gasteiger partial charge on any atom is -0.393 e. The molecule has 1 heteroatoms. The topological polar surface area (TPSA) is 20.2 Å². The fourth-order valence-electron chi connectivity index (χ4n) is 3.39.